The van der Waals surface area contributed by atoms with Crippen LogP contribution in [0.15, 0.2) is 47.7 Å². The van der Waals surface area contributed by atoms with E-state index in [-0.39, 0.29) is 11.5 Å². The van der Waals surface area contributed by atoms with E-state index in [9.17, 15) is 18.8 Å². The van der Waals surface area contributed by atoms with Crippen LogP contribution in [0.1, 0.15) is 41.8 Å². The van der Waals surface area contributed by atoms with Crippen LogP contribution in [-0.2, 0) is 24.3 Å². The fourth-order valence-electron chi connectivity index (χ4n) is 3.91. The number of amides is 2. The van der Waals surface area contributed by atoms with E-state index in [2.05, 4.69) is 10.4 Å². The van der Waals surface area contributed by atoms with Crippen LogP contribution < -0.4 is 10.9 Å². The molecule has 0 radical (unpaired) electrons. The Morgan fingerprint density at radius 3 is 2.56 bits per heavy atom. The normalized spacial score (nSPS) is 13.0. The molecule has 166 valence electrons. The molecule has 0 spiro atoms. The smallest absolute Gasteiger partial charge is 0.268 e. The Hall–Kier alpha value is -3.75. The lowest BCUT2D eigenvalue weighted by atomic mass is 9.95. The number of pyridine rings is 1. The second-order valence-corrected chi connectivity index (χ2v) is 7.62. The lowest BCUT2D eigenvalue weighted by Crippen LogP contribution is -2.39. The van der Waals surface area contributed by atoms with Crippen molar-refractivity contribution >= 4 is 17.5 Å². The van der Waals surface area contributed by atoms with E-state index >= 15 is 0 Å². The summed E-state index contributed by atoms with van der Waals surface area (Å²) in [5, 5.41) is 6.90. The summed E-state index contributed by atoms with van der Waals surface area (Å²) in [5.74, 6) is -0.952. The SMILES string of the molecule is CCC(=O)N1CCc2c(cn(-c3ccc(F)cc3)c(=O)c2C(=O)Nc2cnn(CC)c2)C1. The highest BCUT2D eigenvalue weighted by atomic mass is 19.1. The monoisotopic (exact) mass is 437 g/mol. The van der Waals surface area contributed by atoms with Gasteiger partial charge in [0.25, 0.3) is 11.5 Å². The number of rotatable bonds is 5. The maximum Gasteiger partial charge on any atom is 0.268 e. The molecule has 0 saturated carbocycles. The third kappa shape index (κ3) is 4.05. The summed E-state index contributed by atoms with van der Waals surface area (Å²) in [5.41, 5.74) is 1.81. The Kier molecular flexibility index (Phi) is 5.89. The van der Waals surface area contributed by atoms with Gasteiger partial charge in [0, 0.05) is 44.1 Å². The topological polar surface area (TPSA) is 89.2 Å². The summed E-state index contributed by atoms with van der Waals surface area (Å²) >= 11 is 0. The van der Waals surface area contributed by atoms with E-state index in [4.69, 9.17) is 0 Å². The molecule has 0 fully saturated rings. The maximum atomic E-state index is 13.4. The summed E-state index contributed by atoms with van der Waals surface area (Å²) in [7, 11) is 0. The van der Waals surface area contributed by atoms with Gasteiger partial charge in [-0.05, 0) is 48.7 Å². The average Bonchev–Trinajstić information content (AvgIpc) is 3.25. The van der Waals surface area contributed by atoms with Crippen molar-refractivity contribution in [2.45, 2.75) is 39.8 Å². The molecular formula is C23H24FN5O3. The van der Waals surface area contributed by atoms with Crippen LogP contribution in [-0.4, -0.2) is 37.6 Å². The van der Waals surface area contributed by atoms with Crippen molar-refractivity contribution in [1.29, 1.82) is 0 Å². The number of hydrogen-bond acceptors (Lipinski definition) is 4. The second kappa shape index (κ2) is 8.78. The van der Waals surface area contributed by atoms with E-state index in [1.165, 1.54) is 35.0 Å². The number of benzene rings is 1. The molecule has 1 aliphatic heterocycles. The van der Waals surface area contributed by atoms with E-state index < -0.39 is 17.3 Å². The first-order valence-electron chi connectivity index (χ1n) is 10.6. The quantitative estimate of drug-likeness (QED) is 0.665. The number of carbonyl (C=O) groups excluding carboxylic acids is 2. The fourth-order valence-corrected chi connectivity index (χ4v) is 3.91. The van der Waals surface area contributed by atoms with Gasteiger partial charge in [0.1, 0.15) is 11.4 Å². The van der Waals surface area contributed by atoms with Crippen molar-refractivity contribution in [1.82, 2.24) is 19.2 Å². The maximum absolute atomic E-state index is 13.4. The second-order valence-electron chi connectivity index (χ2n) is 7.62. The Bertz CT molecular complexity index is 1230. The number of anilines is 1. The van der Waals surface area contributed by atoms with Crippen molar-refractivity contribution in [3.05, 3.63) is 75.7 Å². The lowest BCUT2D eigenvalue weighted by molar-refractivity contribution is -0.131. The molecule has 2 amide bonds. The number of aryl methyl sites for hydroxylation is 1. The highest BCUT2D eigenvalue weighted by Gasteiger charge is 2.28. The molecule has 0 atom stereocenters. The van der Waals surface area contributed by atoms with Crippen LogP contribution in [0.4, 0.5) is 10.1 Å². The molecule has 1 aliphatic rings. The molecule has 3 heterocycles. The summed E-state index contributed by atoms with van der Waals surface area (Å²) in [6, 6.07) is 5.47. The third-order valence-corrected chi connectivity index (χ3v) is 5.60. The Labute approximate surface area is 184 Å². The van der Waals surface area contributed by atoms with Crippen molar-refractivity contribution in [2.24, 2.45) is 0 Å². The minimum absolute atomic E-state index is 0.00756. The summed E-state index contributed by atoms with van der Waals surface area (Å²) < 4.78 is 16.4. The molecule has 1 N–H and O–H groups in total. The molecule has 0 bridgehead atoms. The van der Waals surface area contributed by atoms with Gasteiger partial charge in [0.2, 0.25) is 5.91 Å². The standard InChI is InChI=1S/C23H24FN5O3/c1-3-20(30)27-10-9-19-15(12-27)13-29(18-7-5-16(24)6-8-18)23(32)21(19)22(31)26-17-11-25-28(4-2)14-17/h5-8,11,13-14H,3-4,9-10,12H2,1-2H3,(H,26,31). The van der Waals surface area contributed by atoms with Crippen molar-refractivity contribution in [3.63, 3.8) is 0 Å². The number of carbonyl (C=O) groups is 2. The number of aromatic nitrogens is 3. The van der Waals surface area contributed by atoms with Crippen LogP contribution in [0.3, 0.4) is 0 Å². The molecule has 3 aromatic rings. The molecule has 32 heavy (non-hydrogen) atoms. The summed E-state index contributed by atoms with van der Waals surface area (Å²) in [6.45, 7) is 5.12. The zero-order chi connectivity index (χ0) is 22.8. The number of nitrogens with one attached hydrogen (secondary N) is 1. The minimum atomic E-state index is -0.534. The Morgan fingerprint density at radius 2 is 1.91 bits per heavy atom. The van der Waals surface area contributed by atoms with Gasteiger partial charge >= 0.3 is 0 Å². The number of fused-ring (bicyclic) bond motifs is 1. The first-order chi connectivity index (χ1) is 15.4. The molecule has 9 heteroatoms. The van der Waals surface area contributed by atoms with Gasteiger partial charge in [-0.1, -0.05) is 6.92 Å². The summed E-state index contributed by atoms with van der Waals surface area (Å²) in [4.78, 5) is 40.6. The Balaban J connectivity index is 1.81. The molecule has 2 aromatic heterocycles. The fraction of sp³-hybridized carbons (Fsp3) is 0.304. The zero-order valence-corrected chi connectivity index (χ0v) is 18.0. The highest BCUT2D eigenvalue weighted by Crippen LogP contribution is 2.23. The van der Waals surface area contributed by atoms with Crippen molar-refractivity contribution in [3.8, 4) is 5.69 Å². The first-order valence-corrected chi connectivity index (χ1v) is 10.6. The molecular weight excluding hydrogens is 413 g/mol. The largest absolute Gasteiger partial charge is 0.338 e. The number of halogens is 1. The minimum Gasteiger partial charge on any atom is -0.338 e. The zero-order valence-electron chi connectivity index (χ0n) is 18.0. The molecule has 0 saturated heterocycles. The van der Waals surface area contributed by atoms with Crippen LogP contribution in [0.25, 0.3) is 5.69 Å². The van der Waals surface area contributed by atoms with Gasteiger partial charge < -0.3 is 10.2 Å². The van der Waals surface area contributed by atoms with E-state index in [1.54, 1.807) is 28.9 Å². The van der Waals surface area contributed by atoms with Gasteiger partial charge in [0.05, 0.1) is 11.9 Å². The number of hydrogen-bond donors (Lipinski definition) is 1. The van der Waals surface area contributed by atoms with Crippen LogP contribution in [0.5, 0.6) is 0 Å². The van der Waals surface area contributed by atoms with Gasteiger partial charge in [-0.2, -0.15) is 5.10 Å². The Morgan fingerprint density at radius 1 is 1.16 bits per heavy atom. The summed E-state index contributed by atoms with van der Waals surface area (Å²) in [6.07, 6.45) is 5.63. The van der Waals surface area contributed by atoms with E-state index in [1.807, 2.05) is 6.92 Å². The van der Waals surface area contributed by atoms with Crippen molar-refractivity contribution < 1.29 is 14.0 Å². The third-order valence-electron chi connectivity index (χ3n) is 5.60. The molecule has 8 nitrogen and oxygen atoms in total. The molecule has 0 aliphatic carbocycles. The van der Waals surface area contributed by atoms with Gasteiger partial charge in [-0.3, -0.25) is 23.6 Å². The van der Waals surface area contributed by atoms with Crippen LogP contribution in [0.2, 0.25) is 0 Å². The molecule has 1 aromatic carbocycles. The predicted molar refractivity (Wildman–Crippen MR) is 117 cm³/mol. The van der Waals surface area contributed by atoms with Gasteiger partial charge in [-0.25, -0.2) is 4.39 Å². The van der Waals surface area contributed by atoms with E-state index in [0.29, 0.717) is 49.4 Å². The van der Waals surface area contributed by atoms with Gasteiger partial charge in [0.15, 0.2) is 0 Å². The number of nitrogens with zero attached hydrogens (tertiary/aromatic N) is 4. The van der Waals surface area contributed by atoms with E-state index in [0.717, 1.165) is 5.56 Å². The van der Waals surface area contributed by atoms with Crippen LogP contribution >= 0.6 is 0 Å². The van der Waals surface area contributed by atoms with Crippen molar-refractivity contribution in [2.75, 3.05) is 11.9 Å². The van der Waals surface area contributed by atoms with Crippen LogP contribution in [0, 0.1) is 5.82 Å². The average molecular weight is 437 g/mol. The van der Waals surface area contributed by atoms with Gasteiger partial charge in [-0.15, -0.1) is 0 Å². The first kappa shape index (κ1) is 21.5. The predicted octanol–water partition coefficient (Wildman–Crippen LogP) is 2.74. The lowest BCUT2D eigenvalue weighted by Gasteiger charge is -2.30. The highest BCUT2D eigenvalue weighted by molar-refractivity contribution is 6.05. The molecule has 4 rings (SSSR count). The molecule has 0 unspecified atom stereocenters.